The topological polar surface area (TPSA) is 63.9 Å². The molecule has 0 radical (unpaired) electrons. The van der Waals surface area contributed by atoms with Crippen LogP contribution in [-0.2, 0) is 6.61 Å². The summed E-state index contributed by atoms with van der Waals surface area (Å²) < 4.78 is 13.6. The third-order valence-corrected chi connectivity index (χ3v) is 3.72. The molecule has 4 nitrogen and oxygen atoms in total. The van der Waals surface area contributed by atoms with Crippen LogP contribution in [-0.4, -0.2) is 47.5 Å². The van der Waals surface area contributed by atoms with E-state index >= 15 is 0 Å². The maximum atomic E-state index is 13.6. The van der Waals surface area contributed by atoms with Crippen molar-refractivity contribution in [2.24, 2.45) is 0 Å². The maximum absolute atomic E-state index is 13.6. The Morgan fingerprint density at radius 3 is 2.11 bits per heavy atom. The molecule has 0 unspecified atom stereocenters. The van der Waals surface area contributed by atoms with Crippen molar-refractivity contribution in [2.75, 3.05) is 27.3 Å². The summed E-state index contributed by atoms with van der Waals surface area (Å²) in [5.41, 5.74) is 2.80. The average Bonchev–Trinajstić information content (AvgIpc) is 2.75. The Labute approximate surface area is 167 Å². The van der Waals surface area contributed by atoms with Crippen LogP contribution in [0.5, 0.6) is 0 Å². The Morgan fingerprint density at radius 2 is 1.68 bits per heavy atom. The highest BCUT2D eigenvalue weighted by Gasteiger charge is 2.04. The fraction of sp³-hybridized carbons (Fsp3) is 0.304. The van der Waals surface area contributed by atoms with Gasteiger partial charge < -0.3 is 20.2 Å². The zero-order chi connectivity index (χ0) is 21.4. The van der Waals surface area contributed by atoms with Gasteiger partial charge in [0.25, 0.3) is 0 Å². The first-order valence-electron chi connectivity index (χ1n) is 8.92. The van der Waals surface area contributed by atoms with E-state index in [-0.39, 0.29) is 13.2 Å². The minimum absolute atomic E-state index is 0.0571. The third-order valence-electron chi connectivity index (χ3n) is 3.72. The van der Waals surface area contributed by atoms with Crippen molar-refractivity contribution in [1.82, 2.24) is 4.90 Å². The van der Waals surface area contributed by atoms with Gasteiger partial charge in [0.05, 0.1) is 13.2 Å². The van der Waals surface area contributed by atoms with E-state index in [2.05, 4.69) is 25.3 Å². The largest absolute Gasteiger partial charge is 0.400 e. The molecule has 0 heterocycles. The first-order valence-corrected chi connectivity index (χ1v) is 8.92. The summed E-state index contributed by atoms with van der Waals surface area (Å²) in [6.45, 7) is 6.44. The molecule has 0 spiro atoms. The highest BCUT2D eigenvalue weighted by molar-refractivity contribution is 5.64. The van der Waals surface area contributed by atoms with Gasteiger partial charge in [-0.05, 0) is 42.4 Å². The Hall–Kier alpha value is -2.65. The summed E-state index contributed by atoms with van der Waals surface area (Å²) in [5, 5.41) is 24.6. The highest BCUT2D eigenvalue weighted by Crippen LogP contribution is 2.22. The molecule has 3 N–H and O–H groups in total. The van der Waals surface area contributed by atoms with Gasteiger partial charge in [-0.2, -0.15) is 0 Å². The van der Waals surface area contributed by atoms with Crippen molar-refractivity contribution in [3.8, 4) is 23.0 Å². The number of aliphatic hydroxyl groups is 3. The van der Waals surface area contributed by atoms with Gasteiger partial charge in [-0.3, -0.25) is 0 Å². The van der Waals surface area contributed by atoms with Gasteiger partial charge in [0.15, 0.2) is 0 Å². The predicted molar refractivity (Wildman–Crippen MR) is 113 cm³/mol. The van der Waals surface area contributed by atoms with Crippen molar-refractivity contribution in [3.05, 3.63) is 72.2 Å². The zero-order valence-corrected chi connectivity index (χ0v) is 16.8. The molecule has 0 aliphatic heterocycles. The normalized spacial score (nSPS) is 8.96. The quantitative estimate of drug-likeness (QED) is 0.688. The zero-order valence-electron chi connectivity index (χ0n) is 16.8. The van der Waals surface area contributed by atoms with Gasteiger partial charge in [0, 0.05) is 38.2 Å². The predicted octanol–water partition coefficient (Wildman–Crippen LogP) is 3.41. The lowest BCUT2D eigenvalue weighted by molar-refractivity contribution is 0.276. The fourth-order valence-corrected chi connectivity index (χ4v) is 1.95. The summed E-state index contributed by atoms with van der Waals surface area (Å²) in [5.74, 6) is 5.38. The second-order valence-corrected chi connectivity index (χ2v) is 5.57. The van der Waals surface area contributed by atoms with Gasteiger partial charge in [0.1, 0.15) is 5.82 Å². The summed E-state index contributed by atoms with van der Waals surface area (Å²) >= 11 is 0. The van der Waals surface area contributed by atoms with Crippen LogP contribution in [0.4, 0.5) is 4.39 Å². The van der Waals surface area contributed by atoms with Gasteiger partial charge >= 0.3 is 0 Å². The number of halogens is 1. The van der Waals surface area contributed by atoms with Crippen LogP contribution in [0, 0.1) is 17.7 Å². The maximum Gasteiger partial charge on any atom is 0.129 e. The summed E-state index contributed by atoms with van der Waals surface area (Å²) in [6, 6.07) is 12.2. The van der Waals surface area contributed by atoms with E-state index in [0.717, 1.165) is 30.3 Å². The van der Waals surface area contributed by atoms with Gasteiger partial charge in [0.2, 0.25) is 0 Å². The Kier molecular flexibility index (Phi) is 14.0. The third kappa shape index (κ3) is 9.33. The van der Waals surface area contributed by atoms with E-state index in [1.807, 2.05) is 36.2 Å². The Bertz CT molecular complexity index is 749. The lowest BCUT2D eigenvalue weighted by Gasteiger charge is -2.06. The number of nitrogens with zero attached hydrogens (tertiary/aromatic N) is 1. The molecule has 0 saturated heterocycles. The SMILES string of the molecule is C=CN(C)CC.CO.OCCC#Cc1ccc(-c2ccc(CO)c(F)c2)cc1. The number of rotatable bonds is 5. The van der Waals surface area contributed by atoms with Crippen LogP contribution in [0.2, 0.25) is 0 Å². The van der Waals surface area contributed by atoms with Gasteiger partial charge in [-0.1, -0.05) is 42.7 Å². The molecule has 0 fully saturated rings. The van der Waals surface area contributed by atoms with Gasteiger partial charge in [-0.25, -0.2) is 4.39 Å². The average molecular weight is 387 g/mol. The number of aliphatic hydroxyl groups excluding tert-OH is 3. The molecule has 0 atom stereocenters. The van der Waals surface area contributed by atoms with Crippen molar-refractivity contribution in [3.63, 3.8) is 0 Å². The number of hydrogen-bond acceptors (Lipinski definition) is 4. The molecule has 152 valence electrons. The summed E-state index contributed by atoms with van der Waals surface area (Å²) in [7, 11) is 2.99. The lowest BCUT2D eigenvalue weighted by atomic mass is 10.0. The van der Waals surface area contributed by atoms with Crippen LogP contribution in [0.1, 0.15) is 24.5 Å². The molecule has 0 bridgehead atoms. The minimum atomic E-state index is -0.406. The molecule has 0 aromatic heterocycles. The molecule has 5 heteroatoms. The van der Waals surface area contributed by atoms with E-state index in [1.54, 1.807) is 18.3 Å². The van der Waals surface area contributed by atoms with Crippen LogP contribution in [0.3, 0.4) is 0 Å². The molecule has 0 saturated carbocycles. The molecule has 2 rings (SSSR count). The first kappa shape index (κ1) is 25.4. The Morgan fingerprint density at radius 1 is 1.07 bits per heavy atom. The van der Waals surface area contributed by atoms with Crippen LogP contribution in [0.25, 0.3) is 11.1 Å². The highest BCUT2D eigenvalue weighted by atomic mass is 19.1. The first-order chi connectivity index (χ1) is 13.5. The standard InChI is InChI=1S/C17H15FO2.C5H11N.CH4O/c18-17-11-15(8-9-16(17)12-20)14-6-4-13(5-7-14)3-1-2-10-19;1-4-6(3)5-2;1-2/h4-9,11,19-20H,2,10,12H2;4H,1,5H2,2-3H3;2H,1H3. The second kappa shape index (κ2) is 15.4. The molecule has 2 aromatic carbocycles. The fourth-order valence-electron chi connectivity index (χ4n) is 1.95. The van der Waals surface area contributed by atoms with E-state index in [4.69, 9.17) is 15.3 Å². The molecular weight excluding hydrogens is 357 g/mol. The Balaban J connectivity index is 0.000000780. The van der Waals surface area contributed by atoms with E-state index < -0.39 is 5.82 Å². The van der Waals surface area contributed by atoms with Crippen LogP contribution >= 0.6 is 0 Å². The van der Waals surface area contributed by atoms with E-state index in [9.17, 15) is 4.39 Å². The van der Waals surface area contributed by atoms with Crippen LogP contribution < -0.4 is 0 Å². The molecule has 0 aliphatic carbocycles. The number of benzene rings is 2. The molecule has 28 heavy (non-hydrogen) atoms. The lowest BCUT2D eigenvalue weighted by Crippen LogP contribution is -2.06. The van der Waals surface area contributed by atoms with Gasteiger partial charge in [-0.15, -0.1) is 0 Å². The summed E-state index contributed by atoms with van der Waals surface area (Å²) in [4.78, 5) is 2.01. The van der Waals surface area contributed by atoms with Crippen molar-refractivity contribution in [1.29, 1.82) is 0 Å². The van der Waals surface area contributed by atoms with E-state index in [1.165, 1.54) is 6.07 Å². The van der Waals surface area contributed by atoms with Crippen molar-refractivity contribution in [2.45, 2.75) is 20.0 Å². The number of hydrogen-bond donors (Lipinski definition) is 3. The van der Waals surface area contributed by atoms with Crippen molar-refractivity contribution < 1.29 is 19.7 Å². The molecular formula is C23H30FNO3. The molecule has 0 aliphatic rings. The monoisotopic (exact) mass is 387 g/mol. The van der Waals surface area contributed by atoms with E-state index in [0.29, 0.717) is 12.0 Å². The van der Waals surface area contributed by atoms with Crippen molar-refractivity contribution >= 4 is 0 Å². The minimum Gasteiger partial charge on any atom is -0.400 e. The van der Waals surface area contributed by atoms with Crippen LogP contribution in [0.15, 0.2) is 55.2 Å². The summed E-state index contributed by atoms with van der Waals surface area (Å²) in [6.07, 6.45) is 2.26. The molecule has 0 amide bonds. The molecule has 2 aromatic rings. The smallest absolute Gasteiger partial charge is 0.129 e. The second-order valence-electron chi connectivity index (χ2n) is 5.57.